The van der Waals surface area contributed by atoms with Crippen LogP contribution in [0.4, 0.5) is 0 Å². The van der Waals surface area contributed by atoms with Crippen molar-refractivity contribution in [3.8, 4) is 0 Å². The average Bonchev–Trinajstić information content (AvgIpc) is 2.62. The Hall–Kier alpha value is -0.780. The molecular formula is C14H28N6O2S2. The van der Waals surface area contributed by atoms with Crippen LogP contribution in [0.3, 0.4) is 0 Å². The molecule has 0 amide bonds. The van der Waals surface area contributed by atoms with Crippen molar-refractivity contribution in [2.24, 2.45) is 0 Å². The summed E-state index contributed by atoms with van der Waals surface area (Å²) in [4.78, 5) is 4.70. The van der Waals surface area contributed by atoms with E-state index in [1.807, 2.05) is 0 Å². The van der Waals surface area contributed by atoms with Crippen LogP contribution in [0.5, 0.6) is 0 Å². The summed E-state index contributed by atoms with van der Waals surface area (Å²) in [5, 5.41) is 7.40. The van der Waals surface area contributed by atoms with Crippen molar-refractivity contribution >= 4 is 34.7 Å². The zero-order valence-electron chi connectivity index (χ0n) is 14.0. The Labute approximate surface area is 154 Å². The number of hydrazine groups is 1. The molecule has 0 atom stereocenters. The highest BCUT2D eigenvalue weighted by Crippen LogP contribution is 1.95. The van der Waals surface area contributed by atoms with E-state index >= 15 is 0 Å². The monoisotopic (exact) mass is 376 g/mol. The Balaban J connectivity index is 1.44. The molecule has 0 unspecified atom stereocenters. The van der Waals surface area contributed by atoms with E-state index in [2.05, 4.69) is 31.3 Å². The molecule has 4 N–H and O–H groups in total. The van der Waals surface area contributed by atoms with Crippen molar-refractivity contribution < 1.29 is 9.47 Å². The van der Waals surface area contributed by atoms with Crippen LogP contribution in [0.15, 0.2) is 0 Å². The molecule has 2 aliphatic heterocycles. The van der Waals surface area contributed by atoms with Crippen LogP contribution in [0, 0.1) is 0 Å². The number of ether oxygens (including phenoxy) is 2. The Kier molecular flexibility index (Phi) is 9.54. The van der Waals surface area contributed by atoms with E-state index in [9.17, 15) is 0 Å². The van der Waals surface area contributed by atoms with Crippen molar-refractivity contribution in [2.45, 2.75) is 0 Å². The molecule has 24 heavy (non-hydrogen) atoms. The lowest BCUT2D eigenvalue weighted by Gasteiger charge is -2.27. The second-order valence-corrected chi connectivity index (χ2v) is 6.49. The van der Waals surface area contributed by atoms with Crippen LogP contribution < -0.4 is 21.5 Å². The number of nitrogens with zero attached hydrogens (tertiary/aromatic N) is 2. The molecule has 2 saturated heterocycles. The fraction of sp³-hybridized carbons (Fsp3) is 0.857. The Bertz CT molecular complexity index is 353. The molecule has 2 aliphatic rings. The van der Waals surface area contributed by atoms with Gasteiger partial charge in [0, 0.05) is 52.4 Å². The van der Waals surface area contributed by atoms with Crippen molar-refractivity contribution in [3.05, 3.63) is 0 Å². The van der Waals surface area contributed by atoms with Crippen LogP contribution in [0.1, 0.15) is 0 Å². The Morgan fingerprint density at radius 1 is 0.708 bits per heavy atom. The first-order valence-electron chi connectivity index (χ1n) is 8.42. The van der Waals surface area contributed by atoms with Gasteiger partial charge < -0.3 is 20.1 Å². The van der Waals surface area contributed by atoms with Gasteiger partial charge in [-0.15, -0.1) is 0 Å². The van der Waals surface area contributed by atoms with Gasteiger partial charge >= 0.3 is 0 Å². The van der Waals surface area contributed by atoms with E-state index in [1.165, 1.54) is 0 Å². The number of hydrogen-bond donors (Lipinski definition) is 4. The van der Waals surface area contributed by atoms with Crippen LogP contribution in [0.2, 0.25) is 0 Å². The molecule has 0 aliphatic carbocycles. The minimum Gasteiger partial charge on any atom is -0.379 e. The molecule has 10 heteroatoms. The minimum absolute atomic E-state index is 0.542. The first kappa shape index (κ1) is 19.5. The zero-order chi connectivity index (χ0) is 17.0. The van der Waals surface area contributed by atoms with Crippen molar-refractivity contribution in [3.63, 3.8) is 0 Å². The topological polar surface area (TPSA) is 73.1 Å². The van der Waals surface area contributed by atoms with Gasteiger partial charge in [0.05, 0.1) is 26.4 Å². The first-order valence-corrected chi connectivity index (χ1v) is 9.23. The third kappa shape index (κ3) is 8.36. The molecule has 0 aromatic heterocycles. The van der Waals surface area contributed by atoms with E-state index in [0.29, 0.717) is 10.2 Å². The maximum absolute atomic E-state index is 5.32. The maximum atomic E-state index is 5.32. The molecule has 0 bridgehead atoms. The normalized spacial score (nSPS) is 19.5. The second kappa shape index (κ2) is 11.7. The summed E-state index contributed by atoms with van der Waals surface area (Å²) in [5.74, 6) is 0. The highest BCUT2D eigenvalue weighted by molar-refractivity contribution is 7.80. The number of thiocarbonyl (C=S) groups is 2. The van der Waals surface area contributed by atoms with Gasteiger partial charge in [-0.05, 0) is 24.4 Å². The molecule has 2 heterocycles. The van der Waals surface area contributed by atoms with Crippen molar-refractivity contribution in [1.29, 1.82) is 0 Å². The van der Waals surface area contributed by atoms with Crippen LogP contribution in [-0.4, -0.2) is 98.8 Å². The SMILES string of the molecule is S=C(NCCN1CCOCC1)NNC(=S)NCCN1CCOCC1. The van der Waals surface area contributed by atoms with Gasteiger partial charge in [-0.25, -0.2) is 0 Å². The molecule has 0 spiro atoms. The number of morpholine rings is 2. The molecule has 0 saturated carbocycles. The molecule has 0 aromatic rings. The largest absolute Gasteiger partial charge is 0.379 e. The molecular weight excluding hydrogens is 348 g/mol. The van der Waals surface area contributed by atoms with E-state index in [0.717, 1.165) is 78.8 Å². The number of nitrogens with one attached hydrogen (secondary N) is 4. The Morgan fingerprint density at radius 3 is 1.46 bits per heavy atom. The Morgan fingerprint density at radius 2 is 1.08 bits per heavy atom. The predicted molar refractivity (Wildman–Crippen MR) is 102 cm³/mol. The summed E-state index contributed by atoms with van der Waals surface area (Å²) in [5.41, 5.74) is 5.80. The van der Waals surface area contributed by atoms with Crippen LogP contribution >= 0.6 is 24.4 Å². The van der Waals surface area contributed by atoms with Gasteiger partial charge in [-0.2, -0.15) is 0 Å². The number of hydrogen-bond acceptors (Lipinski definition) is 6. The quantitative estimate of drug-likeness (QED) is 0.325. The van der Waals surface area contributed by atoms with Crippen molar-refractivity contribution in [1.82, 2.24) is 31.3 Å². The van der Waals surface area contributed by atoms with Gasteiger partial charge in [0.15, 0.2) is 10.2 Å². The molecule has 0 radical (unpaired) electrons. The van der Waals surface area contributed by atoms with Gasteiger partial charge in [0.1, 0.15) is 0 Å². The molecule has 2 rings (SSSR count). The lowest BCUT2D eigenvalue weighted by atomic mass is 10.4. The summed E-state index contributed by atoms with van der Waals surface area (Å²) >= 11 is 10.4. The minimum atomic E-state index is 0.542. The van der Waals surface area contributed by atoms with E-state index in [1.54, 1.807) is 0 Å². The van der Waals surface area contributed by atoms with Gasteiger partial charge in [0.25, 0.3) is 0 Å². The standard InChI is InChI=1S/C14H28N6O2S2/c23-13(15-1-3-19-5-9-21-10-6-19)17-18-14(24)16-2-4-20-7-11-22-12-8-20/h1-12H2,(H2,15,17,23)(H2,16,18,24). The number of rotatable bonds is 6. The smallest absolute Gasteiger partial charge is 0.185 e. The maximum Gasteiger partial charge on any atom is 0.185 e. The van der Waals surface area contributed by atoms with Gasteiger partial charge in [0.2, 0.25) is 0 Å². The highest BCUT2D eigenvalue weighted by Gasteiger charge is 2.10. The van der Waals surface area contributed by atoms with Crippen molar-refractivity contribution in [2.75, 3.05) is 78.8 Å². The molecule has 0 aromatic carbocycles. The fourth-order valence-corrected chi connectivity index (χ4v) is 2.81. The van der Waals surface area contributed by atoms with E-state index in [4.69, 9.17) is 33.9 Å². The first-order chi connectivity index (χ1) is 11.7. The average molecular weight is 377 g/mol. The summed E-state index contributed by atoms with van der Waals surface area (Å²) in [6, 6.07) is 0. The van der Waals surface area contributed by atoms with Crippen LogP contribution in [0.25, 0.3) is 0 Å². The molecule has 8 nitrogen and oxygen atoms in total. The molecule has 138 valence electrons. The van der Waals surface area contributed by atoms with Gasteiger partial charge in [-0.3, -0.25) is 20.7 Å². The summed E-state index contributed by atoms with van der Waals surface area (Å²) in [6.07, 6.45) is 0. The third-order valence-electron chi connectivity index (χ3n) is 3.92. The lowest BCUT2D eigenvalue weighted by Crippen LogP contribution is -2.52. The second-order valence-electron chi connectivity index (χ2n) is 5.67. The lowest BCUT2D eigenvalue weighted by molar-refractivity contribution is 0.0388. The van der Waals surface area contributed by atoms with Gasteiger partial charge in [-0.1, -0.05) is 0 Å². The summed E-state index contributed by atoms with van der Waals surface area (Å²) in [7, 11) is 0. The van der Waals surface area contributed by atoms with E-state index in [-0.39, 0.29) is 0 Å². The highest BCUT2D eigenvalue weighted by atomic mass is 32.1. The van der Waals surface area contributed by atoms with E-state index < -0.39 is 0 Å². The zero-order valence-corrected chi connectivity index (χ0v) is 15.6. The third-order valence-corrected chi connectivity index (χ3v) is 4.42. The summed E-state index contributed by atoms with van der Waals surface area (Å²) < 4.78 is 10.6. The molecule has 2 fully saturated rings. The fourth-order valence-electron chi connectivity index (χ4n) is 2.51. The van der Waals surface area contributed by atoms with Crippen LogP contribution in [-0.2, 0) is 9.47 Å². The summed E-state index contributed by atoms with van der Waals surface area (Å²) in [6.45, 7) is 10.7. The predicted octanol–water partition coefficient (Wildman–Crippen LogP) is -1.51.